The van der Waals surface area contributed by atoms with Gasteiger partial charge in [0.1, 0.15) is 0 Å². The smallest absolute Gasteiger partial charge is 0.184 e. The molecule has 0 saturated heterocycles. The molecule has 1 aromatic rings. The summed E-state index contributed by atoms with van der Waals surface area (Å²) in [7, 11) is 0. The second kappa shape index (κ2) is 3.56. The highest BCUT2D eigenvalue weighted by Gasteiger charge is 1.96. The van der Waals surface area contributed by atoms with Crippen LogP contribution in [0.3, 0.4) is 0 Å². The second-order valence-electron chi connectivity index (χ2n) is 2.03. The molecule has 0 amide bonds. The molecule has 56 valence electrons. The number of rotatable bonds is 2. The molecule has 0 aliphatic carbocycles. The van der Waals surface area contributed by atoms with Gasteiger partial charge in [0.25, 0.3) is 0 Å². The summed E-state index contributed by atoms with van der Waals surface area (Å²) in [6, 6.07) is 8.67. The minimum Gasteiger partial charge on any atom is -0.878 e. The lowest BCUT2D eigenvalue weighted by Crippen LogP contribution is -1.96. The molecule has 0 spiro atoms. The van der Waals surface area contributed by atoms with Crippen LogP contribution in [0.5, 0.6) is 0 Å². The fourth-order valence-electron chi connectivity index (χ4n) is 0.760. The molecular weight excluding hydrogens is 140 g/mol. The standard InChI is InChI=1S/C9H8O2/c10-7-6-9(11)8-4-2-1-3-5-8/h1-7,10H/p-1/b7-6+. The summed E-state index contributed by atoms with van der Waals surface area (Å²) in [6.45, 7) is 0. The average molecular weight is 147 g/mol. The topological polar surface area (TPSA) is 40.1 Å². The van der Waals surface area contributed by atoms with Crippen molar-refractivity contribution in [2.75, 3.05) is 0 Å². The Morgan fingerprint density at radius 2 is 1.91 bits per heavy atom. The predicted octanol–water partition coefficient (Wildman–Crippen LogP) is 0.743. The number of ketones is 1. The van der Waals surface area contributed by atoms with Crippen LogP contribution >= 0.6 is 0 Å². The first kappa shape index (κ1) is 7.54. The van der Waals surface area contributed by atoms with Crippen LogP contribution in [0.2, 0.25) is 0 Å². The molecule has 0 atom stereocenters. The zero-order chi connectivity index (χ0) is 8.10. The predicted molar refractivity (Wildman–Crippen MR) is 39.9 cm³/mol. The van der Waals surface area contributed by atoms with Gasteiger partial charge in [0.2, 0.25) is 0 Å². The third kappa shape index (κ3) is 1.93. The Morgan fingerprint density at radius 1 is 1.27 bits per heavy atom. The van der Waals surface area contributed by atoms with Crippen molar-refractivity contribution in [1.29, 1.82) is 0 Å². The Labute approximate surface area is 64.8 Å². The molecule has 2 nitrogen and oxygen atoms in total. The monoisotopic (exact) mass is 147 g/mol. The van der Waals surface area contributed by atoms with E-state index in [1.807, 2.05) is 6.07 Å². The summed E-state index contributed by atoms with van der Waals surface area (Å²) in [5, 5.41) is 9.91. The molecule has 1 aromatic carbocycles. The van der Waals surface area contributed by atoms with Gasteiger partial charge in [-0.2, -0.15) is 0 Å². The summed E-state index contributed by atoms with van der Waals surface area (Å²) in [6.07, 6.45) is 1.50. The molecule has 0 unspecified atom stereocenters. The van der Waals surface area contributed by atoms with Gasteiger partial charge in [0.05, 0.1) is 0 Å². The van der Waals surface area contributed by atoms with Gasteiger partial charge in [-0.1, -0.05) is 30.3 Å². The second-order valence-corrected chi connectivity index (χ2v) is 2.03. The minimum atomic E-state index is -0.249. The molecule has 0 saturated carbocycles. The molecule has 11 heavy (non-hydrogen) atoms. The van der Waals surface area contributed by atoms with Crippen molar-refractivity contribution < 1.29 is 9.90 Å². The quantitative estimate of drug-likeness (QED) is 0.351. The highest BCUT2D eigenvalue weighted by Crippen LogP contribution is 1.99. The van der Waals surface area contributed by atoms with E-state index >= 15 is 0 Å². The molecule has 2 heteroatoms. The number of hydrogen-bond donors (Lipinski definition) is 0. The van der Waals surface area contributed by atoms with E-state index in [9.17, 15) is 9.90 Å². The summed E-state index contributed by atoms with van der Waals surface area (Å²) < 4.78 is 0. The molecule has 1 rings (SSSR count). The van der Waals surface area contributed by atoms with Gasteiger partial charge in [-0.05, 0) is 6.08 Å². The first-order valence-corrected chi connectivity index (χ1v) is 3.22. The van der Waals surface area contributed by atoms with Crippen LogP contribution in [-0.2, 0) is 0 Å². The Hall–Kier alpha value is -1.57. The molecule has 0 aliphatic heterocycles. The molecule has 0 aromatic heterocycles. The van der Waals surface area contributed by atoms with Gasteiger partial charge in [0.15, 0.2) is 5.78 Å². The molecule has 0 fully saturated rings. The molecule has 0 heterocycles. The normalized spacial score (nSPS) is 10.2. The largest absolute Gasteiger partial charge is 0.878 e. The van der Waals surface area contributed by atoms with Crippen molar-refractivity contribution >= 4 is 5.78 Å². The number of carbonyl (C=O) groups is 1. The van der Waals surface area contributed by atoms with Crippen molar-refractivity contribution in [3.8, 4) is 0 Å². The van der Waals surface area contributed by atoms with Gasteiger partial charge in [-0.15, -0.1) is 6.26 Å². The van der Waals surface area contributed by atoms with Gasteiger partial charge in [-0.3, -0.25) is 4.79 Å². The van der Waals surface area contributed by atoms with E-state index in [2.05, 4.69) is 0 Å². The fraction of sp³-hybridized carbons (Fsp3) is 0. The van der Waals surface area contributed by atoms with Gasteiger partial charge >= 0.3 is 0 Å². The van der Waals surface area contributed by atoms with Crippen molar-refractivity contribution in [2.24, 2.45) is 0 Å². The maximum absolute atomic E-state index is 11.0. The van der Waals surface area contributed by atoms with Crippen LogP contribution in [-0.4, -0.2) is 5.78 Å². The van der Waals surface area contributed by atoms with Crippen LogP contribution in [0.4, 0.5) is 0 Å². The summed E-state index contributed by atoms with van der Waals surface area (Å²) in [5.41, 5.74) is 0.541. The summed E-state index contributed by atoms with van der Waals surface area (Å²) in [5.74, 6) is -0.249. The summed E-state index contributed by atoms with van der Waals surface area (Å²) >= 11 is 0. The molecule has 0 aliphatic rings. The van der Waals surface area contributed by atoms with E-state index < -0.39 is 0 Å². The Morgan fingerprint density at radius 3 is 2.45 bits per heavy atom. The highest BCUT2D eigenvalue weighted by atomic mass is 16.2. The number of allylic oxidation sites excluding steroid dienone is 1. The van der Waals surface area contributed by atoms with Crippen LogP contribution in [0.25, 0.3) is 0 Å². The van der Waals surface area contributed by atoms with Crippen LogP contribution < -0.4 is 5.11 Å². The SMILES string of the molecule is O=C(/C=C/[O-])c1ccccc1. The van der Waals surface area contributed by atoms with Crippen molar-refractivity contribution in [3.05, 3.63) is 48.2 Å². The lowest BCUT2D eigenvalue weighted by molar-refractivity contribution is -0.274. The zero-order valence-electron chi connectivity index (χ0n) is 5.86. The first-order chi connectivity index (χ1) is 5.34. The van der Waals surface area contributed by atoms with E-state index in [0.717, 1.165) is 6.08 Å². The molecule has 0 bridgehead atoms. The number of carbonyl (C=O) groups excluding carboxylic acids is 1. The minimum absolute atomic E-state index is 0.249. The Kier molecular flexibility index (Phi) is 2.44. The van der Waals surface area contributed by atoms with Crippen molar-refractivity contribution in [3.63, 3.8) is 0 Å². The fourth-order valence-corrected chi connectivity index (χ4v) is 0.760. The maximum atomic E-state index is 11.0. The number of benzene rings is 1. The van der Waals surface area contributed by atoms with E-state index in [1.54, 1.807) is 24.3 Å². The number of hydrogen-bond acceptors (Lipinski definition) is 2. The third-order valence-corrected chi connectivity index (χ3v) is 1.28. The van der Waals surface area contributed by atoms with E-state index in [-0.39, 0.29) is 5.78 Å². The van der Waals surface area contributed by atoms with Crippen LogP contribution in [0.1, 0.15) is 10.4 Å². The zero-order valence-corrected chi connectivity index (χ0v) is 5.86. The maximum Gasteiger partial charge on any atom is 0.184 e. The molecule has 0 N–H and O–H groups in total. The Balaban J connectivity index is 2.86. The third-order valence-electron chi connectivity index (χ3n) is 1.28. The first-order valence-electron chi connectivity index (χ1n) is 3.22. The van der Waals surface area contributed by atoms with Gasteiger partial charge in [-0.25, -0.2) is 0 Å². The highest BCUT2D eigenvalue weighted by molar-refractivity contribution is 6.04. The van der Waals surface area contributed by atoms with Crippen LogP contribution in [0.15, 0.2) is 42.7 Å². The lowest BCUT2D eigenvalue weighted by atomic mass is 10.1. The van der Waals surface area contributed by atoms with E-state index in [1.165, 1.54) is 0 Å². The van der Waals surface area contributed by atoms with Crippen LogP contribution in [0, 0.1) is 0 Å². The van der Waals surface area contributed by atoms with Gasteiger partial charge < -0.3 is 5.11 Å². The van der Waals surface area contributed by atoms with E-state index in [4.69, 9.17) is 0 Å². The van der Waals surface area contributed by atoms with E-state index in [0.29, 0.717) is 11.8 Å². The Bertz CT molecular complexity index is 262. The van der Waals surface area contributed by atoms with Gasteiger partial charge in [0, 0.05) is 5.56 Å². The van der Waals surface area contributed by atoms with Crippen molar-refractivity contribution in [2.45, 2.75) is 0 Å². The molecular formula is C9H7O2-. The molecule has 0 radical (unpaired) electrons. The van der Waals surface area contributed by atoms with Crippen molar-refractivity contribution in [1.82, 2.24) is 0 Å². The summed E-state index contributed by atoms with van der Waals surface area (Å²) in [4.78, 5) is 11.0. The average Bonchev–Trinajstić information content (AvgIpc) is 2.07. The lowest BCUT2D eigenvalue weighted by Gasteiger charge is -1.94.